The minimum atomic E-state index is -3.38. The first-order chi connectivity index (χ1) is 19.2. The van der Waals surface area contributed by atoms with Crippen LogP contribution in [0.15, 0.2) is 72.8 Å². The standard InChI is InChI=1S/C30H36ClN5O3S/c1-40(38,39)34-27-8-4-5-9-28(27)36-18-16-35(17-19-36)21-25(20-22-10-12-24(31)13-11-22)33-30(37)29-26-7-3-2-6-23(26)14-15-32-29/h2-13,25,29,32,34H,14-21H2,1H3,(H,33,37)/t25-,29?/m1/s1. The second-order valence-corrected chi connectivity index (χ2v) is 12.7. The monoisotopic (exact) mass is 581 g/mol. The number of anilines is 2. The predicted molar refractivity (Wildman–Crippen MR) is 162 cm³/mol. The van der Waals surface area contributed by atoms with E-state index in [1.54, 1.807) is 6.07 Å². The van der Waals surface area contributed by atoms with Crippen LogP contribution in [0.2, 0.25) is 5.02 Å². The summed E-state index contributed by atoms with van der Waals surface area (Å²) in [7, 11) is -3.38. The smallest absolute Gasteiger partial charge is 0.242 e. The van der Waals surface area contributed by atoms with E-state index >= 15 is 0 Å². The largest absolute Gasteiger partial charge is 0.367 e. The molecule has 0 aromatic heterocycles. The summed E-state index contributed by atoms with van der Waals surface area (Å²) >= 11 is 6.12. The summed E-state index contributed by atoms with van der Waals surface area (Å²) in [6.07, 6.45) is 2.78. The van der Waals surface area contributed by atoms with Crippen molar-refractivity contribution < 1.29 is 13.2 Å². The van der Waals surface area contributed by atoms with Gasteiger partial charge in [0.15, 0.2) is 0 Å². The third-order valence-electron chi connectivity index (χ3n) is 7.50. The van der Waals surface area contributed by atoms with Gasteiger partial charge in [-0.05, 0) is 53.8 Å². The molecule has 1 saturated heterocycles. The van der Waals surface area contributed by atoms with Crippen molar-refractivity contribution in [3.8, 4) is 0 Å². The molecule has 0 radical (unpaired) electrons. The fourth-order valence-electron chi connectivity index (χ4n) is 5.61. The number of hydrogen-bond acceptors (Lipinski definition) is 6. The van der Waals surface area contributed by atoms with Gasteiger partial charge >= 0.3 is 0 Å². The molecule has 0 saturated carbocycles. The van der Waals surface area contributed by atoms with Gasteiger partial charge in [-0.15, -0.1) is 0 Å². The van der Waals surface area contributed by atoms with Gasteiger partial charge in [-0.25, -0.2) is 8.42 Å². The van der Waals surface area contributed by atoms with Crippen molar-refractivity contribution in [3.05, 3.63) is 94.5 Å². The zero-order chi connectivity index (χ0) is 28.1. The van der Waals surface area contributed by atoms with Gasteiger partial charge < -0.3 is 15.5 Å². The lowest BCUT2D eigenvalue weighted by Gasteiger charge is -2.38. The molecule has 0 bridgehead atoms. The lowest BCUT2D eigenvalue weighted by Crippen LogP contribution is -2.53. The average molecular weight is 582 g/mol. The van der Waals surface area contributed by atoms with Gasteiger partial charge in [-0.2, -0.15) is 0 Å². The normalized spacial score (nSPS) is 18.6. The molecule has 40 heavy (non-hydrogen) atoms. The zero-order valence-corrected chi connectivity index (χ0v) is 24.2. The molecule has 1 fully saturated rings. The molecule has 2 aliphatic heterocycles. The van der Waals surface area contributed by atoms with Crippen LogP contribution in [0.5, 0.6) is 0 Å². The fourth-order valence-corrected chi connectivity index (χ4v) is 6.31. The maximum atomic E-state index is 13.6. The SMILES string of the molecule is CS(=O)(=O)Nc1ccccc1N1CCN(C[C@@H](Cc2ccc(Cl)cc2)NC(=O)C2NCCc3ccccc32)CC1. The van der Waals surface area contributed by atoms with Crippen LogP contribution in [0.25, 0.3) is 0 Å². The Morgan fingerprint density at radius 3 is 2.45 bits per heavy atom. The summed E-state index contributed by atoms with van der Waals surface area (Å²) in [5.74, 6) is -0.00877. The van der Waals surface area contributed by atoms with E-state index in [0.29, 0.717) is 23.7 Å². The summed E-state index contributed by atoms with van der Waals surface area (Å²) in [6.45, 7) is 4.58. The lowest BCUT2D eigenvalue weighted by atomic mass is 9.93. The highest BCUT2D eigenvalue weighted by atomic mass is 35.5. The zero-order valence-electron chi connectivity index (χ0n) is 22.6. The van der Waals surface area contributed by atoms with Crippen molar-refractivity contribution in [1.29, 1.82) is 0 Å². The van der Waals surface area contributed by atoms with Crippen LogP contribution in [0, 0.1) is 0 Å². The molecular weight excluding hydrogens is 546 g/mol. The number of nitrogens with one attached hydrogen (secondary N) is 3. The number of para-hydroxylation sites is 2. The Labute approximate surface area is 241 Å². The second kappa shape index (κ2) is 12.6. The molecule has 3 N–H and O–H groups in total. The number of amides is 1. The Morgan fingerprint density at radius 2 is 1.70 bits per heavy atom. The number of nitrogens with zero attached hydrogens (tertiary/aromatic N) is 2. The van der Waals surface area contributed by atoms with Gasteiger partial charge in [0.2, 0.25) is 15.9 Å². The number of halogens is 1. The highest BCUT2D eigenvalue weighted by Gasteiger charge is 2.29. The molecule has 3 aromatic carbocycles. The van der Waals surface area contributed by atoms with Crippen molar-refractivity contribution in [1.82, 2.24) is 15.5 Å². The van der Waals surface area contributed by atoms with Crippen molar-refractivity contribution >= 4 is 38.9 Å². The van der Waals surface area contributed by atoms with Gasteiger partial charge in [-0.1, -0.05) is 60.1 Å². The van der Waals surface area contributed by atoms with Crippen LogP contribution in [0.4, 0.5) is 11.4 Å². The van der Waals surface area contributed by atoms with Crippen LogP contribution in [-0.2, 0) is 27.7 Å². The summed E-state index contributed by atoms with van der Waals surface area (Å²) < 4.78 is 26.4. The number of hydrogen-bond donors (Lipinski definition) is 3. The Bertz CT molecular complexity index is 1430. The molecule has 3 aromatic rings. The van der Waals surface area contributed by atoms with Gasteiger partial charge in [0.05, 0.1) is 17.6 Å². The summed E-state index contributed by atoms with van der Waals surface area (Å²) in [5, 5.41) is 7.44. The molecule has 8 nitrogen and oxygen atoms in total. The number of rotatable bonds is 9. The molecule has 5 rings (SSSR count). The van der Waals surface area contributed by atoms with Crippen molar-refractivity contribution in [3.63, 3.8) is 0 Å². The number of benzene rings is 3. The highest BCUT2D eigenvalue weighted by Crippen LogP contribution is 2.28. The molecule has 0 spiro atoms. The van der Waals surface area contributed by atoms with E-state index < -0.39 is 10.0 Å². The number of fused-ring (bicyclic) bond motifs is 1. The van der Waals surface area contributed by atoms with E-state index in [2.05, 4.69) is 31.2 Å². The number of sulfonamides is 1. The van der Waals surface area contributed by atoms with E-state index in [1.165, 1.54) is 5.56 Å². The van der Waals surface area contributed by atoms with E-state index in [9.17, 15) is 13.2 Å². The Morgan fingerprint density at radius 1 is 1.00 bits per heavy atom. The average Bonchev–Trinajstić information content (AvgIpc) is 2.94. The molecular formula is C30H36ClN5O3S. The third kappa shape index (κ3) is 7.34. The highest BCUT2D eigenvalue weighted by molar-refractivity contribution is 7.92. The predicted octanol–water partition coefficient (Wildman–Crippen LogP) is 3.45. The van der Waals surface area contributed by atoms with Crippen molar-refractivity contribution in [2.45, 2.75) is 24.9 Å². The molecule has 2 heterocycles. The molecule has 0 aliphatic carbocycles. The van der Waals surface area contributed by atoms with E-state index in [0.717, 1.165) is 62.2 Å². The number of carbonyl (C=O) groups excluding carboxylic acids is 1. The maximum absolute atomic E-state index is 13.6. The van der Waals surface area contributed by atoms with E-state index in [4.69, 9.17) is 11.6 Å². The fraction of sp³-hybridized carbons (Fsp3) is 0.367. The van der Waals surface area contributed by atoms with Crippen LogP contribution in [-0.4, -0.2) is 70.8 Å². The Hall–Kier alpha value is -3.11. The van der Waals surface area contributed by atoms with Crippen molar-refractivity contribution in [2.75, 3.05) is 55.1 Å². The first-order valence-corrected chi connectivity index (χ1v) is 15.9. The first-order valence-electron chi connectivity index (χ1n) is 13.7. The number of piperazine rings is 1. The molecule has 2 aliphatic rings. The second-order valence-electron chi connectivity index (χ2n) is 10.6. The molecule has 1 unspecified atom stereocenters. The third-order valence-corrected chi connectivity index (χ3v) is 8.35. The van der Waals surface area contributed by atoms with Crippen LogP contribution >= 0.6 is 11.6 Å². The van der Waals surface area contributed by atoms with Gasteiger partial charge in [-0.3, -0.25) is 14.4 Å². The van der Waals surface area contributed by atoms with Gasteiger partial charge in [0, 0.05) is 50.3 Å². The molecule has 2 atom stereocenters. The number of carbonyl (C=O) groups is 1. The topological polar surface area (TPSA) is 93.8 Å². The summed E-state index contributed by atoms with van der Waals surface area (Å²) in [5.41, 5.74) is 4.85. The van der Waals surface area contributed by atoms with E-state index in [-0.39, 0.29) is 18.0 Å². The van der Waals surface area contributed by atoms with Crippen LogP contribution in [0.1, 0.15) is 22.7 Å². The Kier molecular flexibility index (Phi) is 8.95. The first kappa shape index (κ1) is 28.4. The van der Waals surface area contributed by atoms with Crippen LogP contribution < -0.4 is 20.3 Å². The summed E-state index contributed by atoms with van der Waals surface area (Å²) in [4.78, 5) is 18.1. The van der Waals surface area contributed by atoms with E-state index in [1.807, 2.05) is 60.7 Å². The van der Waals surface area contributed by atoms with Gasteiger partial charge in [0.1, 0.15) is 6.04 Å². The molecule has 212 valence electrons. The maximum Gasteiger partial charge on any atom is 0.242 e. The van der Waals surface area contributed by atoms with Gasteiger partial charge in [0.25, 0.3) is 0 Å². The summed E-state index contributed by atoms with van der Waals surface area (Å²) in [6, 6.07) is 23.0. The Balaban J connectivity index is 1.27. The minimum Gasteiger partial charge on any atom is -0.367 e. The lowest BCUT2D eigenvalue weighted by molar-refractivity contribution is -0.124. The minimum absolute atomic E-state index is 0.00877. The molecule has 10 heteroatoms. The van der Waals surface area contributed by atoms with Crippen LogP contribution in [0.3, 0.4) is 0 Å². The van der Waals surface area contributed by atoms with Crippen molar-refractivity contribution in [2.24, 2.45) is 0 Å². The molecule has 1 amide bonds. The quantitative estimate of drug-likeness (QED) is 0.358.